The molecule has 3 nitrogen and oxygen atoms in total. The molecule has 0 bridgehead atoms. The fourth-order valence-electron chi connectivity index (χ4n) is 0.396. The zero-order valence-corrected chi connectivity index (χ0v) is 6.09. The van der Waals surface area contributed by atoms with Gasteiger partial charge in [-0.15, -0.1) is 0 Å². The van der Waals surface area contributed by atoms with E-state index in [1.165, 1.54) is 0 Å². The van der Waals surface area contributed by atoms with Crippen molar-refractivity contribution < 1.29 is 9.90 Å². The van der Waals surface area contributed by atoms with Crippen LogP contribution in [0.5, 0.6) is 0 Å². The molecule has 0 unspecified atom stereocenters. The quantitative estimate of drug-likeness (QED) is 0.603. The molecule has 3 heteroatoms. The molecular formula is C6H13NO2. The first kappa shape index (κ1) is 8.43. The van der Waals surface area contributed by atoms with Crippen LogP contribution in [0.25, 0.3) is 0 Å². The van der Waals surface area contributed by atoms with Crippen molar-refractivity contribution >= 4 is 5.97 Å². The van der Waals surface area contributed by atoms with Crippen LogP contribution in [0.3, 0.4) is 0 Å². The summed E-state index contributed by atoms with van der Waals surface area (Å²) in [7, 11) is 1.79. The Hall–Kier alpha value is -0.570. The third-order valence-corrected chi connectivity index (χ3v) is 1.27. The van der Waals surface area contributed by atoms with Crippen molar-refractivity contribution in [3.8, 4) is 0 Å². The summed E-state index contributed by atoms with van der Waals surface area (Å²) in [5.41, 5.74) is 0. The molecule has 0 fully saturated rings. The lowest BCUT2D eigenvalue weighted by Gasteiger charge is -2.17. The number of hydrogen-bond acceptors (Lipinski definition) is 2. The zero-order valence-electron chi connectivity index (χ0n) is 6.09. The molecule has 0 aliphatic heterocycles. The molecule has 0 aromatic heterocycles. The summed E-state index contributed by atoms with van der Waals surface area (Å²) >= 11 is 0. The molecule has 1 N–H and O–H groups in total. The van der Waals surface area contributed by atoms with Crippen LogP contribution in [-0.2, 0) is 4.79 Å². The van der Waals surface area contributed by atoms with Gasteiger partial charge in [0.2, 0.25) is 0 Å². The van der Waals surface area contributed by atoms with E-state index >= 15 is 0 Å². The second-order valence-corrected chi connectivity index (χ2v) is 2.40. The normalized spacial score (nSPS) is 10.8. The van der Waals surface area contributed by atoms with Crippen molar-refractivity contribution in [2.45, 2.75) is 19.9 Å². The van der Waals surface area contributed by atoms with Crippen molar-refractivity contribution in [3.63, 3.8) is 0 Å². The molecule has 0 amide bonds. The molecule has 0 saturated heterocycles. The summed E-state index contributed by atoms with van der Waals surface area (Å²) in [6.07, 6.45) is 0. The van der Waals surface area contributed by atoms with Gasteiger partial charge in [-0.25, -0.2) is 0 Å². The number of carboxylic acids is 1. The Kier molecular flexibility index (Phi) is 3.24. The summed E-state index contributed by atoms with van der Waals surface area (Å²) in [6.45, 7) is 4.05. The van der Waals surface area contributed by atoms with Gasteiger partial charge in [-0.05, 0) is 20.9 Å². The van der Waals surface area contributed by atoms with Crippen molar-refractivity contribution in [2.24, 2.45) is 0 Å². The van der Waals surface area contributed by atoms with Crippen molar-refractivity contribution in [3.05, 3.63) is 0 Å². The smallest absolute Gasteiger partial charge is 0.317 e. The number of hydrogen-bond donors (Lipinski definition) is 1. The summed E-state index contributed by atoms with van der Waals surface area (Å²) in [5.74, 6) is -0.772. The highest BCUT2D eigenvalue weighted by Gasteiger charge is 2.05. The Morgan fingerprint density at radius 2 is 2.11 bits per heavy atom. The fraction of sp³-hybridized carbons (Fsp3) is 0.833. The summed E-state index contributed by atoms with van der Waals surface area (Å²) in [6, 6.07) is 0.307. The maximum absolute atomic E-state index is 10.1. The van der Waals surface area contributed by atoms with Crippen LogP contribution in [0.1, 0.15) is 13.8 Å². The van der Waals surface area contributed by atoms with Gasteiger partial charge < -0.3 is 5.11 Å². The molecule has 0 rings (SSSR count). The van der Waals surface area contributed by atoms with Gasteiger partial charge in [-0.2, -0.15) is 0 Å². The Bertz CT molecular complexity index is 101. The van der Waals surface area contributed by atoms with Gasteiger partial charge in [0.15, 0.2) is 0 Å². The molecule has 0 aliphatic carbocycles. The lowest BCUT2D eigenvalue weighted by Crippen LogP contribution is -2.31. The number of aliphatic carboxylic acids is 1. The maximum Gasteiger partial charge on any atom is 0.317 e. The Morgan fingerprint density at radius 3 is 2.22 bits per heavy atom. The SMILES string of the molecule is CC(C)N(C)CC(=O)O. The lowest BCUT2D eigenvalue weighted by molar-refractivity contribution is -0.138. The second-order valence-electron chi connectivity index (χ2n) is 2.40. The van der Waals surface area contributed by atoms with E-state index in [-0.39, 0.29) is 6.54 Å². The molecule has 0 saturated carbocycles. The topological polar surface area (TPSA) is 40.5 Å². The van der Waals surface area contributed by atoms with Crippen LogP contribution < -0.4 is 0 Å². The number of carboxylic acid groups (broad SMARTS) is 1. The van der Waals surface area contributed by atoms with E-state index in [0.717, 1.165) is 0 Å². The Morgan fingerprint density at radius 1 is 1.67 bits per heavy atom. The van der Waals surface area contributed by atoms with Crippen molar-refractivity contribution in [2.75, 3.05) is 13.6 Å². The predicted octanol–water partition coefficient (Wildman–Crippen LogP) is 0.411. The van der Waals surface area contributed by atoms with Crippen LogP contribution in [0.2, 0.25) is 0 Å². The summed E-state index contributed by atoms with van der Waals surface area (Å²) < 4.78 is 0. The minimum Gasteiger partial charge on any atom is -0.480 e. The largest absolute Gasteiger partial charge is 0.480 e. The molecule has 54 valence electrons. The van der Waals surface area contributed by atoms with Gasteiger partial charge in [0.25, 0.3) is 0 Å². The highest BCUT2D eigenvalue weighted by molar-refractivity contribution is 5.69. The number of nitrogens with zero attached hydrogens (tertiary/aromatic N) is 1. The standard InChI is InChI=1S/C6H13NO2/c1-5(2)7(3)4-6(8)9/h5H,4H2,1-3H3,(H,8,9). The average Bonchev–Trinajstić information content (AvgIpc) is 1.63. The number of likely N-dealkylation sites (N-methyl/N-ethyl adjacent to an activating group) is 1. The Balaban J connectivity index is 3.50. The molecule has 0 aromatic rings. The van der Waals surface area contributed by atoms with Crippen LogP contribution in [0.4, 0.5) is 0 Å². The van der Waals surface area contributed by atoms with E-state index in [2.05, 4.69) is 0 Å². The van der Waals surface area contributed by atoms with Crippen molar-refractivity contribution in [1.29, 1.82) is 0 Å². The summed E-state index contributed by atoms with van der Waals surface area (Å²) in [4.78, 5) is 11.8. The average molecular weight is 131 g/mol. The highest BCUT2D eigenvalue weighted by Crippen LogP contribution is 1.90. The fourth-order valence-corrected chi connectivity index (χ4v) is 0.396. The highest BCUT2D eigenvalue weighted by atomic mass is 16.4. The van der Waals surface area contributed by atoms with Gasteiger partial charge in [-0.1, -0.05) is 0 Å². The molecule has 0 aliphatic rings. The minimum atomic E-state index is -0.772. The molecule has 9 heavy (non-hydrogen) atoms. The zero-order chi connectivity index (χ0) is 7.44. The van der Waals surface area contributed by atoms with E-state index in [9.17, 15) is 4.79 Å². The minimum absolute atomic E-state index is 0.123. The Labute approximate surface area is 55.3 Å². The first-order chi connectivity index (χ1) is 4.04. The van der Waals surface area contributed by atoms with Gasteiger partial charge >= 0.3 is 5.97 Å². The molecule has 0 atom stereocenters. The lowest BCUT2D eigenvalue weighted by atomic mass is 10.3. The molecule has 0 aromatic carbocycles. The second kappa shape index (κ2) is 3.45. The van der Waals surface area contributed by atoms with Gasteiger partial charge in [0.05, 0.1) is 6.54 Å². The van der Waals surface area contributed by atoms with Crippen LogP contribution in [0.15, 0.2) is 0 Å². The number of carbonyl (C=O) groups is 1. The molecule has 0 radical (unpaired) electrons. The first-order valence-corrected chi connectivity index (χ1v) is 2.96. The predicted molar refractivity (Wildman–Crippen MR) is 35.4 cm³/mol. The van der Waals surface area contributed by atoms with E-state index in [4.69, 9.17) is 5.11 Å². The van der Waals surface area contributed by atoms with E-state index in [0.29, 0.717) is 6.04 Å². The molecule has 0 spiro atoms. The summed E-state index contributed by atoms with van der Waals surface area (Å²) in [5, 5.41) is 8.29. The maximum atomic E-state index is 10.1. The van der Waals surface area contributed by atoms with Gasteiger partial charge in [-0.3, -0.25) is 9.69 Å². The third-order valence-electron chi connectivity index (χ3n) is 1.27. The molecule has 0 heterocycles. The van der Waals surface area contributed by atoms with E-state index < -0.39 is 5.97 Å². The number of rotatable bonds is 3. The van der Waals surface area contributed by atoms with Crippen LogP contribution in [0, 0.1) is 0 Å². The van der Waals surface area contributed by atoms with E-state index in [1.807, 2.05) is 13.8 Å². The molecular weight excluding hydrogens is 118 g/mol. The van der Waals surface area contributed by atoms with Crippen LogP contribution >= 0.6 is 0 Å². The monoisotopic (exact) mass is 131 g/mol. The van der Waals surface area contributed by atoms with Crippen LogP contribution in [-0.4, -0.2) is 35.6 Å². The third kappa shape index (κ3) is 3.97. The van der Waals surface area contributed by atoms with Gasteiger partial charge in [0, 0.05) is 6.04 Å². The first-order valence-electron chi connectivity index (χ1n) is 2.96. The van der Waals surface area contributed by atoms with Gasteiger partial charge in [0.1, 0.15) is 0 Å². The van der Waals surface area contributed by atoms with Crippen molar-refractivity contribution in [1.82, 2.24) is 4.90 Å². The van der Waals surface area contributed by atoms with E-state index in [1.54, 1.807) is 11.9 Å².